The molecule has 0 radical (unpaired) electrons. The van der Waals surface area contributed by atoms with E-state index in [9.17, 15) is 4.79 Å². The number of allylic oxidation sites excluding steroid dienone is 1. The summed E-state index contributed by atoms with van der Waals surface area (Å²) in [6, 6.07) is 30.4. The molecule has 206 valence electrons. The molecule has 3 aromatic carbocycles. The van der Waals surface area contributed by atoms with Crippen molar-refractivity contribution < 1.29 is 4.79 Å². The van der Waals surface area contributed by atoms with Crippen LogP contribution in [-0.2, 0) is 17.9 Å². The third kappa shape index (κ3) is 8.43. The maximum Gasteiger partial charge on any atom is 0.223 e. The highest BCUT2D eigenvalue weighted by atomic mass is 16.2. The molecule has 0 spiro atoms. The Hall–Kier alpha value is -3.13. The molecule has 1 saturated carbocycles. The Labute approximate surface area is 237 Å². The molecule has 39 heavy (non-hydrogen) atoms. The third-order valence-electron chi connectivity index (χ3n) is 8.51. The highest BCUT2D eigenvalue weighted by molar-refractivity contribution is 5.76. The second kappa shape index (κ2) is 14.3. The van der Waals surface area contributed by atoms with E-state index in [4.69, 9.17) is 0 Å². The van der Waals surface area contributed by atoms with Gasteiger partial charge >= 0.3 is 0 Å². The van der Waals surface area contributed by atoms with Gasteiger partial charge in [0.1, 0.15) is 0 Å². The van der Waals surface area contributed by atoms with E-state index in [2.05, 4.69) is 106 Å². The summed E-state index contributed by atoms with van der Waals surface area (Å²) >= 11 is 0. The van der Waals surface area contributed by atoms with E-state index in [1.54, 1.807) is 0 Å². The zero-order valence-corrected chi connectivity index (χ0v) is 24.3. The molecule has 0 aliphatic heterocycles. The predicted octanol–water partition coefficient (Wildman–Crippen LogP) is 9.68. The topological polar surface area (TPSA) is 20.3 Å². The number of carbonyl (C=O) groups is 1. The van der Waals surface area contributed by atoms with Crippen molar-refractivity contribution >= 4 is 5.91 Å². The van der Waals surface area contributed by atoms with Gasteiger partial charge in [-0.3, -0.25) is 4.79 Å². The van der Waals surface area contributed by atoms with Crippen molar-refractivity contribution in [1.29, 1.82) is 0 Å². The van der Waals surface area contributed by atoms with Gasteiger partial charge in [-0.2, -0.15) is 0 Å². The Morgan fingerprint density at radius 2 is 1.41 bits per heavy atom. The third-order valence-corrected chi connectivity index (χ3v) is 8.51. The lowest BCUT2D eigenvalue weighted by molar-refractivity contribution is -0.132. The standard InChI is InChI=1S/C37H47NO/c1-28(2)19-24-37(39)38(26-31-13-7-5-8-14-31)27-32-20-22-34(23-21-32)36-18-12-11-17-35(36)30(4)25-29(3)33-15-9-6-10-16-33/h5-10,13-16,20-23,28-29,35-36H,4,11-12,17-19,24-27H2,1-3H3/t29-,35?,36+/m1/s1. The first-order valence-corrected chi connectivity index (χ1v) is 15.0. The molecule has 0 saturated heterocycles. The van der Waals surface area contributed by atoms with Crippen LogP contribution >= 0.6 is 0 Å². The lowest BCUT2D eigenvalue weighted by Gasteiger charge is -2.34. The van der Waals surface area contributed by atoms with Crippen LogP contribution in [0.5, 0.6) is 0 Å². The van der Waals surface area contributed by atoms with Crippen LogP contribution in [0.25, 0.3) is 0 Å². The van der Waals surface area contributed by atoms with E-state index in [1.807, 2.05) is 11.0 Å². The summed E-state index contributed by atoms with van der Waals surface area (Å²) < 4.78 is 0. The van der Waals surface area contributed by atoms with Crippen LogP contribution in [-0.4, -0.2) is 10.8 Å². The zero-order chi connectivity index (χ0) is 27.6. The van der Waals surface area contributed by atoms with Crippen LogP contribution in [0.3, 0.4) is 0 Å². The van der Waals surface area contributed by atoms with Gasteiger partial charge in [0, 0.05) is 19.5 Å². The summed E-state index contributed by atoms with van der Waals surface area (Å²) in [5, 5.41) is 0. The monoisotopic (exact) mass is 521 g/mol. The maximum absolute atomic E-state index is 13.2. The molecule has 0 N–H and O–H groups in total. The second-order valence-corrected chi connectivity index (χ2v) is 12.1. The van der Waals surface area contributed by atoms with Gasteiger partial charge < -0.3 is 4.90 Å². The summed E-state index contributed by atoms with van der Waals surface area (Å²) in [4.78, 5) is 15.2. The fraction of sp³-hybridized carbons (Fsp3) is 0.432. The lowest BCUT2D eigenvalue weighted by atomic mass is 9.70. The van der Waals surface area contributed by atoms with Crippen LogP contribution in [0, 0.1) is 11.8 Å². The van der Waals surface area contributed by atoms with Crippen molar-refractivity contribution in [3.8, 4) is 0 Å². The Morgan fingerprint density at radius 3 is 2.05 bits per heavy atom. The molecule has 2 nitrogen and oxygen atoms in total. The van der Waals surface area contributed by atoms with E-state index in [0.717, 1.165) is 12.8 Å². The predicted molar refractivity (Wildman–Crippen MR) is 165 cm³/mol. The van der Waals surface area contributed by atoms with E-state index in [-0.39, 0.29) is 5.91 Å². The van der Waals surface area contributed by atoms with Crippen molar-refractivity contribution in [3.05, 3.63) is 119 Å². The molecule has 1 unspecified atom stereocenters. The first-order chi connectivity index (χ1) is 18.9. The Morgan fingerprint density at radius 1 is 0.821 bits per heavy atom. The summed E-state index contributed by atoms with van der Waals surface area (Å²) in [5.74, 6) is 2.35. The molecule has 3 aromatic rings. The van der Waals surface area contributed by atoms with E-state index < -0.39 is 0 Å². The number of amides is 1. The van der Waals surface area contributed by atoms with Gasteiger partial charge in [0.25, 0.3) is 0 Å². The summed E-state index contributed by atoms with van der Waals surface area (Å²) in [6.07, 6.45) is 7.65. The smallest absolute Gasteiger partial charge is 0.223 e. The normalized spacial score (nSPS) is 18.1. The first kappa shape index (κ1) is 28.9. The molecule has 0 heterocycles. The van der Waals surface area contributed by atoms with Crippen LogP contribution in [0.1, 0.15) is 99.8 Å². The minimum atomic E-state index is 0.243. The van der Waals surface area contributed by atoms with Crippen LogP contribution in [0.2, 0.25) is 0 Å². The van der Waals surface area contributed by atoms with E-state index in [0.29, 0.717) is 43.2 Å². The number of hydrogen-bond acceptors (Lipinski definition) is 1. The van der Waals surface area contributed by atoms with Gasteiger partial charge in [0.15, 0.2) is 0 Å². The van der Waals surface area contributed by atoms with Crippen molar-refractivity contribution in [2.75, 3.05) is 0 Å². The van der Waals surface area contributed by atoms with Gasteiger partial charge in [0.2, 0.25) is 5.91 Å². The first-order valence-electron chi connectivity index (χ1n) is 15.0. The quantitative estimate of drug-likeness (QED) is 0.217. The van der Waals surface area contributed by atoms with Crippen molar-refractivity contribution in [3.63, 3.8) is 0 Å². The van der Waals surface area contributed by atoms with Crippen molar-refractivity contribution in [2.45, 2.75) is 90.6 Å². The van der Waals surface area contributed by atoms with E-state index in [1.165, 1.54) is 53.5 Å². The fourth-order valence-corrected chi connectivity index (χ4v) is 6.16. The van der Waals surface area contributed by atoms with Crippen molar-refractivity contribution in [1.82, 2.24) is 4.90 Å². The SMILES string of the molecule is C=C(C[C@@H](C)c1ccccc1)C1CCCC[C@H]1c1ccc(CN(Cc2ccccc2)C(=O)CCC(C)C)cc1. The molecule has 1 amide bonds. The molecular weight excluding hydrogens is 474 g/mol. The maximum atomic E-state index is 13.2. The van der Waals surface area contributed by atoms with Gasteiger partial charge in [-0.05, 0) is 71.6 Å². The Bertz CT molecular complexity index is 1170. The van der Waals surface area contributed by atoms with Crippen LogP contribution in [0.15, 0.2) is 97.1 Å². The average molecular weight is 522 g/mol. The molecule has 1 fully saturated rings. The fourth-order valence-electron chi connectivity index (χ4n) is 6.16. The van der Waals surface area contributed by atoms with Gasteiger partial charge in [-0.15, -0.1) is 0 Å². The van der Waals surface area contributed by atoms with Gasteiger partial charge in [-0.1, -0.05) is 131 Å². The second-order valence-electron chi connectivity index (χ2n) is 12.1. The minimum absolute atomic E-state index is 0.243. The highest BCUT2D eigenvalue weighted by Crippen LogP contribution is 2.43. The van der Waals surface area contributed by atoms with Gasteiger partial charge in [0.05, 0.1) is 0 Å². The molecule has 0 bridgehead atoms. The Kier molecular flexibility index (Phi) is 10.6. The number of nitrogens with zero attached hydrogens (tertiary/aromatic N) is 1. The molecule has 2 heteroatoms. The number of hydrogen-bond donors (Lipinski definition) is 0. The van der Waals surface area contributed by atoms with Crippen LogP contribution in [0.4, 0.5) is 0 Å². The largest absolute Gasteiger partial charge is 0.334 e. The number of rotatable bonds is 12. The summed E-state index contributed by atoms with van der Waals surface area (Å²) in [5.41, 5.74) is 6.62. The van der Waals surface area contributed by atoms with Crippen molar-refractivity contribution in [2.24, 2.45) is 11.8 Å². The number of carbonyl (C=O) groups excluding carboxylic acids is 1. The van der Waals surface area contributed by atoms with E-state index >= 15 is 0 Å². The number of benzene rings is 3. The molecule has 3 atom stereocenters. The summed E-state index contributed by atoms with van der Waals surface area (Å²) in [7, 11) is 0. The zero-order valence-electron chi connectivity index (χ0n) is 24.3. The average Bonchev–Trinajstić information content (AvgIpc) is 2.97. The van der Waals surface area contributed by atoms with Crippen LogP contribution < -0.4 is 0 Å². The Balaban J connectivity index is 1.44. The molecule has 1 aliphatic carbocycles. The summed E-state index contributed by atoms with van der Waals surface area (Å²) in [6.45, 7) is 12.6. The lowest BCUT2D eigenvalue weighted by Crippen LogP contribution is -2.30. The molecular formula is C37H47NO. The molecule has 1 aliphatic rings. The highest BCUT2D eigenvalue weighted by Gasteiger charge is 2.29. The minimum Gasteiger partial charge on any atom is -0.334 e. The van der Waals surface area contributed by atoms with Gasteiger partial charge in [-0.25, -0.2) is 0 Å². The molecule has 4 rings (SSSR count). The molecule has 0 aromatic heterocycles.